The van der Waals surface area contributed by atoms with Crippen LogP contribution in [0.4, 0.5) is 4.39 Å². The van der Waals surface area contributed by atoms with E-state index >= 15 is 0 Å². The maximum absolute atomic E-state index is 13.0. The fourth-order valence-corrected chi connectivity index (χ4v) is 1.15. The van der Waals surface area contributed by atoms with Crippen LogP contribution in [-0.2, 0) is 4.79 Å². The second-order valence-electron chi connectivity index (χ2n) is 3.24. The Hall–Kier alpha value is -1.97. The lowest BCUT2D eigenvalue weighted by Crippen LogP contribution is -2.19. The van der Waals surface area contributed by atoms with Gasteiger partial charge in [-0.05, 0) is 17.7 Å². The normalized spacial score (nSPS) is 10.4. The minimum atomic E-state index is -0.533. The van der Waals surface area contributed by atoms with Gasteiger partial charge in [0.1, 0.15) is 5.82 Å². The van der Waals surface area contributed by atoms with E-state index in [-0.39, 0.29) is 11.5 Å². The Labute approximate surface area is 93.0 Å². The van der Waals surface area contributed by atoms with Gasteiger partial charge in [-0.1, -0.05) is 18.2 Å². The van der Waals surface area contributed by atoms with Gasteiger partial charge in [-0.25, -0.2) is 4.39 Å². The van der Waals surface area contributed by atoms with Gasteiger partial charge in [-0.3, -0.25) is 9.59 Å². The van der Waals surface area contributed by atoms with E-state index in [0.717, 1.165) is 0 Å². The summed E-state index contributed by atoms with van der Waals surface area (Å²) in [7, 11) is 0. The maximum atomic E-state index is 13.0. The van der Waals surface area contributed by atoms with Gasteiger partial charge in [-0.15, -0.1) is 0 Å². The molecule has 0 bridgehead atoms. The fraction of sp³-hybridized carbons (Fsp3) is 0.167. The molecule has 1 N–H and O–H groups in total. The zero-order valence-corrected chi connectivity index (χ0v) is 8.87. The molecule has 1 amide bonds. The van der Waals surface area contributed by atoms with Crippen molar-refractivity contribution in [3.05, 3.63) is 41.2 Å². The van der Waals surface area contributed by atoms with Crippen LogP contribution < -0.4 is 5.32 Å². The van der Waals surface area contributed by atoms with Crippen molar-refractivity contribution in [2.24, 2.45) is 0 Å². The van der Waals surface area contributed by atoms with E-state index in [0.29, 0.717) is 18.4 Å². The molecular weight excluding hydrogens is 209 g/mol. The van der Waals surface area contributed by atoms with Gasteiger partial charge in [0.25, 0.3) is 0 Å². The van der Waals surface area contributed by atoms with Crippen molar-refractivity contribution in [2.75, 3.05) is 6.54 Å². The zero-order chi connectivity index (χ0) is 12.0. The third kappa shape index (κ3) is 3.65. The molecule has 1 aromatic rings. The van der Waals surface area contributed by atoms with E-state index in [1.165, 1.54) is 19.1 Å². The quantitative estimate of drug-likeness (QED) is 0.788. The Morgan fingerprint density at radius 3 is 2.88 bits per heavy atom. The van der Waals surface area contributed by atoms with Crippen molar-refractivity contribution in [2.45, 2.75) is 6.92 Å². The molecule has 0 aromatic heterocycles. The zero-order valence-electron chi connectivity index (χ0n) is 8.87. The Morgan fingerprint density at radius 1 is 1.50 bits per heavy atom. The first-order valence-corrected chi connectivity index (χ1v) is 4.79. The van der Waals surface area contributed by atoms with Crippen LogP contribution in [0.1, 0.15) is 22.8 Å². The van der Waals surface area contributed by atoms with Crippen LogP contribution in [0, 0.1) is 5.82 Å². The highest BCUT2D eigenvalue weighted by Gasteiger charge is 1.99. The predicted molar refractivity (Wildman–Crippen MR) is 59.5 cm³/mol. The maximum Gasteiger partial charge on any atom is 0.217 e. The molecule has 0 fully saturated rings. The van der Waals surface area contributed by atoms with Crippen LogP contribution in [0.3, 0.4) is 0 Å². The summed E-state index contributed by atoms with van der Waals surface area (Å²) in [6.45, 7) is 1.83. The highest BCUT2D eigenvalue weighted by molar-refractivity contribution is 5.77. The molecule has 0 spiro atoms. The Balaban J connectivity index is 2.67. The van der Waals surface area contributed by atoms with Gasteiger partial charge < -0.3 is 5.32 Å². The van der Waals surface area contributed by atoms with Gasteiger partial charge in [0.05, 0.1) is 5.56 Å². The first-order valence-electron chi connectivity index (χ1n) is 4.79. The average molecular weight is 221 g/mol. The third-order valence-corrected chi connectivity index (χ3v) is 1.93. The minimum absolute atomic E-state index is 0.0293. The third-order valence-electron chi connectivity index (χ3n) is 1.93. The van der Waals surface area contributed by atoms with E-state index in [4.69, 9.17) is 0 Å². The van der Waals surface area contributed by atoms with Crippen LogP contribution in [0.25, 0.3) is 6.08 Å². The Bertz CT molecular complexity index is 427. The molecule has 0 atom stereocenters. The summed E-state index contributed by atoms with van der Waals surface area (Å²) in [6.07, 6.45) is 3.91. The fourth-order valence-electron chi connectivity index (χ4n) is 1.15. The Kier molecular flexibility index (Phi) is 4.39. The molecule has 0 aliphatic rings. The van der Waals surface area contributed by atoms with E-state index in [2.05, 4.69) is 5.32 Å². The number of halogens is 1. The largest absolute Gasteiger partial charge is 0.353 e. The standard InChI is InChI=1S/C12H12FNO2/c1-9(16)14-6-2-3-10-4-5-12(13)11(7-10)8-15/h2-5,7-8H,6H2,1H3,(H,14,16). The van der Waals surface area contributed by atoms with Crippen LogP contribution >= 0.6 is 0 Å². The number of nitrogens with one attached hydrogen (secondary N) is 1. The van der Waals surface area contributed by atoms with Crippen molar-refractivity contribution in [3.8, 4) is 0 Å². The number of aldehydes is 1. The molecule has 0 unspecified atom stereocenters. The number of hydrogen-bond acceptors (Lipinski definition) is 2. The van der Waals surface area contributed by atoms with Crippen LogP contribution in [0.2, 0.25) is 0 Å². The molecule has 0 radical (unpaired) electrons. The first-order chi connectivity index (χ1) is 7.63. The van der Waals surface area contributed by atoms with Gasteiger partial charge in [0, 0.05) is 13.5 Å². The SMILES string of the molecule is CC(=O)NCC=Cc1ccc(F)c(C=O)c1. The number of hydrogen-bond donors (Lipinski definition) is 1. The predicted octanol–water partition coefficient (Wildman–Crippen LogP) is 1.79. The second kappa shape index (κ2) is 5.80. The molecule has 1 rings (SSSR count). The average Bonchev–Trinajstić information content (AvgIpc) is 2.26. The number of benzene rings is 1. The van der Waals surface area contributed by atoms with Crippen molar-refractivity contribution in [3.63, 3.8) is 0 Å². The van der Waals surface area contributed by atoms with E-state index < -0.39 is 5.82 Å². The second-order valence-corrected chi connectivity index (χ2v) is 3.24. The van der Waals surface area contributed by atoms with Gasteiger partial charge in [-0.2, -0.15) is 0 Å². The lowest BCUT2D eigenvalue weighted by atomic mass is 10.1. The van der Waals surface area contributed by atoms with E-state index in [9.17, 15) is 14.0 Å². The smallest absolute Gasteiger partial charge is 0.217 e. The highest BCUT2D eigenvalue weighted by Crippen LogP contribution is 2.09. The first kappa shape index (κ1) is 12.1. The van der Waals surface area contributed by atoms with E-state index in [1.807, 2.05) is 0 Å². The molecule has 4 heteroatoms. The number of carbonyl (C=O) groups is 2. The summed E-state index contributed by atoms with van der Waals surface area (Å²) in [5, 5.41) is 2.59. The van der Waals surface area contributed by atoms with Crippen molar-refractivity contribution < 1.29 is 14.0 Å². The molecular formula is C12H12FNO2. The molecule has 16 heavy (non-hydrogen) atoms. The van der Waals surface area contributed by atoms with Crippen LogP contribution in [0.15, 0.2) is 24.3 Å². The number of carbonyl (C=O) groups excluding carboxylic acids is 2. The topological polar surface area (TPSA) is 46.2 Å². The molecule has 1 aromatic carbocycles. The lowest BCUT2D eigenvalue weighted by molar-refractivity contribution is -0.118. The molecule has 0 aliphatic carbocycles. The van der Waals surface area contributed by atoms with Gasteiger partial charge in [0.2, 0.25) is 5.91 Å². The molecule has 0 aliphatic heterocycles. The van der Waals surface area contributed by atoms with Crippen molar-refractivity contribution >= 4 is 18.3 Å². The van der Waals surface area contributed by atoms with E-state index in [1.54, 1.807) is 18.2 Å². The summed E-state index contributed by atoms with van der Waals surface area (Å²) in [6, 6.07) is 4.25. The number of amides is 1. The van der Waals surface area contributed by atoms with Gasteiger partial charge in [0.15, 0.2) is 6.29 Å². The number of rotatable bonds is 4. The van der Waals surface area contributed by atoms with Gasteiger partial charge >= 0.3 is 0 Å². The summed E-state index contributed by atoms with van der Waals surface area (Å²) >= 11 is 0. The van der Waals surface area contributed by atoms with Crippen molar-refractivity contribution in [1.29, 1.82) is 0 Å². The molecule has 0 heterocycles. The highest BCUT2D eigenvalue weighted by atomic mass is 19.1. The molecule has 84 valence electrons. The molecule has 0 saturated heterocycles. The Morgan fingerprint density at radius 2 is 2.25 bits per heavy atom. The lowest BCUT2D eigenvalue weighted by Gasteiger charge is -1.98. The summed E-state index contributed by atoms with van der Waals surface area (Å²) in [4.78, 5) is 21.0. The minimum Gasteiger partial charge on any atom is -0.353 e. The van der Waals surface area contributed by atoms with Crippen LogP contribution in [0.5, 0.6) is 0 Å². The monoisotopic (exact) mass is 221 g/mol. The molecule has 3 nitrogen and oxygen atoms in total. The summed E-state index contributed by atoms with van der Waals surface area (Å²) in [5.41, 5.74) is 0.746. The van der Waals surface area contributed by atoms with Crippen LogP contribution in [-0.4, -0.2) is 18.7 Å². The summed E-state index contributed by atoms with van der Waals surface area (Å²) < 4.78 is 13.0. The molecule has 0 saturated carbocycles. The summed E-state index contributed by atoms with van der Waals surface area (Å²) in [5.74, 6) is -0.647. The van der Waals surface area contributed by atoms with Crippen molar-refractivity contribution in [1.82, 2.24) is 5.32 Å².